The highest BCUT2D eigenvalue weighted by molar-refractivity contribution is 7.88. The third kappa shape index (κ3) is 8.14. The number of piperidine rings is 1. The number of ether oxygens (including phenoxy) is 1. The lowest BCUT2D eigenvalue weighted by atomic mass is 9.83. The van der Waals surface area contributed by atoms with Crippen LogP contribution in [0.3, 0.4) is 0 Å². The van der Waals surface area contributed by atoms with Crippen LogP contribution in [0.4, 0.5) is 0 Å². The second-order valence-electron chi connectivity index (χ2n) is 9.34. The summed E-state index contributed by atoms with van der Waals surface area (Å²) in [7, 11) is -3.24. The van der Waals surface area contributed by atoms with Gasteiger partial charge in [-0.1, -0.05) is 25.0 Å². The Balaban J connectivity index is 1.53. The van der Waals surface area contributed by atoms with Crippen molar-refractivity contribution in [2.45, 2.75) is 58.0 Å². The number of sulfonamides is 1. The fourth-order valence-electron chi connectivity index (χ4n) is 4.93. The highest BCUT2D eigenvalue weighted by Gasteiger charge is 2.30. The van der Waals surface area contributed by atoms with Crippen molar-refractivity contribution in [3.63, 3.8) is 0 Å². The topological polar surface area (TPSA) is 87.7 Å². The number of rotatable bonds is 10. The minimum Gasteiger partial charge on any atom is -0.381 e. The van der Waals surface area contributed by atoms with Crippen LogP contribution < -0.4 is 10.0 Å². The van der Waals surface area contributed by atoms with Crippen molar-refractivity contribution >= 4 is 15.9 Å². The van der Waals surface area contributed by atoms with Crippen LogP contribution in [0, 0.1) is 11.8 Å². The zero-order valence-electron chi connectivity index (χ0n) is 19.5. The summed E-state index contributed by atoms with van der Waals surface area (Å²) in [6, 6.07) is 7.36. The molecule has 1 unspecified atom stereocenters. The molecule has 1 heterocycles. The Morgan fingerprint density at radius 3 is 2.59 bits per heavy atom. The first-order chi connectivity index (χ1) is 15.3. The summed E-state index contributed by atoms with van der Waals surface area (Å²) in [6.07, 6.45) is 8.19. The Kier molecular flexibility index (Phi) is 9.52. The zero-order chi connectivity index (χ0) is 23.0. The summed E-state index contributed by atoms with van der Waals surface area (Å²) >= 11 is 0. The standard InChI is InChI=1S/C24H39N3O4S/c1-3-31-18-20-7-6-14-27(16-20)17-22-8-4-5-9-23(22)26-24(28)21-12-10-19(11-13-21)15-25-32(2,29)30/h10-13,20,22-23,25H,3-9,14-18H2,1-2H3,(H,26,28)/t20?,22-,23+/m0/s1. The van der Waals surface area contributed by atoms with Crippen molar-refractivity contribution in [2.24, 2.45) is 11.8 Å². The summed E-state index contributed by atoms with van der Waals surface area (Å²) in [5.74, 6) is 1.06. The van der Waals surface area contributed by atoms with Gasteiger partial charge in [-0.15, -0.1) is 0 Å². The molecule has 2 N–H and O–H groups in total. The van der Waals surface area contributed by atoms with Crippen molar-refractivity contribution < 1.29 is 17.9 Å². The Morgan fingerprint density at radius 1 is 1.12 bits per heavy atom. The van der Waals surface area contributed by atoms with E-state index in [1.165, 1.54) is 19.3 Å². The van der Waals surface area contributed by atoms with Crippen LogP contribution in [-0.2, 0) is 21.3 Å². The van der Waals surface area contributed by atoms with Crippen LogP contribution in [0.1, 0.15) is 61.4 Å². The van der Waals surface area contributed by atoms with Gasteiger partial charge < -0.3 is 15.0 Å². The summed E-state index contributed by atoms with van der Waals surface area (Å²) < 4.78 is 30.6. The van der Waals surface area contributed by atoms with E-state index >= 15 is 0 Å². The predicted molar refractivity (Wildman–Crippen MR) is 127 cm³/mol. The molecule has 0 aromatic heterocycles. The number of likely N-dealkylation sites (tertiary alicyclic amines) is 1. The molecule has 1 aromatic carbocycles. The first-order valence-electron chi connectivity index (χ1n) is 12.0. The first kappa shape index (κ1) is 25.1. The molecule has 3 atom stereocenters. The number of benzene rings is 1. The lowest BCUT2D eigenvalue weighted by Gasteiger charge is -2.39. The van der Waals surface area contributed by atoms with Gasteiger partial charge in [-0.05, 0) is 68.7 Å². The fraction of sp³-hybridized carbons (Fsp3) is 0.708. The van der Waals surface area contributed by atoms with Crippen LogP contribution in [-0.4, -0.2) is 64.4 Å². The van der Waals surface area contributed by atoms with E-state index in [0.717, 1.165) is 63.9 Å². The highest BCUT2D eigenvalue weighted by Crippen LogP contribution is 2.27. The molecule has 32 heavy (non-hydrogen) atoms. The van der Waals surface area contributed by atoms with E-state index in [1.54, 1.807) is 24.3 Å². The average Bonchev–Trinajstić information content (AvgIpc) is 2.78. The molecule has 0 spiro atoms. The Morgan fingerprint density at radius 2 is 1.88 bits per heavy atom. The van der Waals surface area contributed by atoms with Gasteiger partial charge in [0.25, 0.3) is 5.91 Å². The SMILES string of the molecule is CCOCC1CCCN(C[C@@H]2CCCC[C@H]2NC(=O)c2ccc(CNS(C)(=O)=O)cc2)C1. The van der Waals surface area contributed by atoms with Crippen molar-refractivity contribution in [3.05, 3.63) is 35.4 Å². The van der Waals surface area contributed by atoms with Crippen LogP contribution in [0.25, 0.3) is 0 Å². The summed E-state index contributed by atoms with van der Waals surface area (Å²) in [5.41, 5.74) is 1.45. The van der Waals surface area contributed by atoms with E-state index in [4.69, 9.17) is 4.74 Å². The molecular weight excluding hydrogens is 426 g/mol. The average molecular weight is 466 g/mol. The number of hydrogen-bond donors (Lipinski definition) is 2. The molecule has 0 radical (unpaired) electrons. The molecule has 7 nitrogen and oxygen atoms in total. The quantitative estimate of drug-likeness (QED) is 0.555. The number of hydrogen-bond acceptors (Lipinski definition) is 5. The van der Waals surface area contributed by atoms with E-state index in [-0.39, 0.29) is 18.5 Å². The van der Waals surface area contributed by atoms with Gasteiger partial charge in [0.05, 0.1) is 12.9 Å². The lowest BCUT2D eigenvalue weighted by molar-refractivity contribution is 0.0548. The molecule has 3 rings (SSSR count). The molecule has 1 saturated carbocycles. The third-order valence-corrected chi connectivity index (χ3v) is 7.30. The molecule has 0 bridgehead atoms. The predicted octanol–water partition coefficient (Wildman–Crippen LogP) is 2.77. The number of carbonyl (C=O) groups excluding carboxylic acids is 1. The zero-order valence-corrected chi connectivity index (χ0v) is 20.3. The second kappa shape index (κ2) is 12.1. The summed E-state index contributed by atoms with van der Waals surface area (Å²) in [5, 5.41) is 3.29. The molecule has 1 aliphatic carbocycles. The normalized spacial score (nSPS) is 24.9. The Labute approximate surface area is 193 Å². The Hall–Kier alpha value is -1.48. The second-order valence-corrected chi connectivity index (χ2v) is 11.2. The molecule has 1 saturated heterocycles. The number of carbonyl (C=O) groups is 1. The monoisotopic (exact) mass is 465 g/mol. The van der Waals surface area contributed by atoms with Crippen LogP contribution in [0.2, 0.25) is 0 Å². The van der Waals surface area contributed by atoms with Crippen LogP contribution in [0.15, 0.2) is 24.3 Å². The van der Waals surface area contributed by atoms with E-state index in [9.17, 15) is 13.2 Å². The first-order valence-corrected chi connectivity index (χ1v) is 13.9. The van der Waals surface area contributed by atoms with Gasteiger partial charge in [0.2, 0.25) is 10.0 Å². The molecule has 2 fully saturated rings. The van der Waals surface area contributed by atoms with E-state index < -0.39 is 10.0 Å². The van der Waals surface area contributed by atoms with Gasteiger partial charge >= 0.3 is 0 Å². The molecule has 8 heteroatoms. The number of nitrogens with zero attached hydrogens (tertiary/aromatic N) is 1. The lowest BCUT2D eigenvalue weighted by Crippen LogP contribution is -2.48. The van der Waals surface area contributed by atoms with Crippen molar-refractivity contribution in [1.82, 2.24) is 14.9 Å². The van der Waals surface area contributed by atoms with Gasteiger partial charge in [0, 0.05) is 37.8 Å². The molecule has 1 amide bonds. The largest absolute Gasteiger partial charge is 0.381 e. The summed E-state index contributed by atoms with van der Waals surface area (Å²) in [4.78, 5) is 15.5. The Bertz CT molecular complexity index is 828. The smallest absolute Gasteiger partial charge is 0.251 e. The van der Waals surface area contributed by atoms with E-state index in [0.29, 0.717) is 17.4 Å². The van der Waals surface area contributed by atoms with Gasteiger partial charge in [-0.3, -0.25) is 4.79 Å². The molecule has 180 valence electrons. The van der Waals surface area contributed by atoms with Crippen LogP contribution >= 0.6 is 0 Å². The molecule has 1 aromatic rings. The van der Waals surface area contributed by atoms with Gasteiger partial charge in [0.15, 0.2) is 0 Å². The van der Waals surface area contributed by atoms with Crippen molar-refractivity contribution in [2.75, 3.05) is 39.1 Å². The maximum Gasteiger partial charge on any atom is 0.251 e. The van der Waals surface area contributed by atoms with Crippen molar-refractivity contribution in [3.8, 4) is 0 Å². The van der Waals surface area contributed by atoms with E-state index in [1.807, 2.05) is 0 Å². The van der Waals surface area contributed by atoms with E-state index in [2.05, 4.69) is 21.9 Å². The van der Waals surface area contributed by atoms with Crippen molar-refractivity contribution in [1.29, 1.82) is 0 Å². The van der Waals surface area contributed by atoms with Gasteiger partial charge in [-0.2, -0.15) is 0 Å². The maximum atomic E-state index is 12.9. The number of amides is 1. The fourth-order valence-corrected chi connectivity index (χ4v) is 5.35. The summed E-state index contributed by atoms with van der Waals surface area (Å²) in [6.45, 7) is 7.20. The highest BCUT2D eigenvalue weighted by atomic mass is 32.2. The van der Waals surface area contributed by atoms with Gasteiger partial charge in [-0.25, -0.2) is 13.1 Å². The molecule has 1 aliphatic heterocycles. The van der Waals surface area contributed by atoms with Gasteiger partial charge in [0.1, 0.15) is 0 Å². The minimum atomic E-state index is -3.24. The minimum absolute atomic E-state index is 0.0441. The number of nitrogens with one attached hydrogen (secondary N) is 2. The van der Waals surface area contributed by atoms with Crippen LogP contribution in [0.5, 0.6) is 0 Å². The molecular formula is C24H39N3O4S. The molecule has 2 aliphatic rings. The maximum absolute atomic E-state index is 12.9. The third-order valence-electron chi connectivity index (χ3n) is 6.63.